The van der Waals surface area contributed by atoms with E-state index in [2.05, 4.69) is 20.4 Å². The molecule has 0 aliphatic carbocycles. The van der Waals surface area contributed by atoms with Crippen LogP contribution in [0, 0.1) is 10.8 Å². The van der Waals surface area contributed by atoms with Crippen LogP contribution in [0.1, 0.15) is 40.0 Å². The monoisotopic (exact) mass is 274 g/mol. The van der Waals surface area contributed by atoms with Crippen LogP contribution in [-0.2, 0) is 9.47 Å². The van der Waals surface area contributed by atoms with Gasteiger partial charge in [-0.2, -0.15) is 0 Å². The minimum Gasteiger partial charge on any atom is -0.501 e. The second-order valence-corrected chi connectivity index (χ2v) is 5.35. The molecule has 4 nitrogen and oxygen atoms in total. The maximum absolute atomic E-state index is 9.56. The molecule has 2 N–H and O–H groups in total. The van der Waals surface area contributed by atoms with E-state index in [-0.39, 0.29) is 18.6 Å². The predicted octanol–water partition coefficient (Wildman–Crippen LogP) is 2.35. The lowest BCUT2D eigenvalue weighted by Gasteiger charge is -2.33. The molecule has 0 aromatic rings. The Bertz CT molecular complexity index is 224. The molecule has 0 spiro atoms. The summed E-state index contributed by atoms with van der Waals surface area (Å²) in [6, 6.07) is 0. The first-order valence-corrected chi connectivity index (χ1v) is 7.09. The summed E-state index contributed by atoms with van der Waals surface area (Å²) in [6.45, 7) is 11.1. The molecule has 4 heteroatoms. The second-order valence-electron chi connectivity index (χ2n) is 5.35. The van der Waals surface area contributed by atoms with Crippen LogP contribution < -0.4 is 0 Å². The predicted molar refractivity (Wildman–Crippen MR) is 76.9 cm³/mol. The van der Waals surface area contributed by atoms with E-state index in [0.717, 1.165) is 19.3 Å². The normalized spacial score (nSPS) is 15.0. The SMILES string of the molecule is C=COCC(CC)(CO)COCC(CC)(CC)CO. The summed E-state index contributed by atoms with van der Waals surface area (Å²) in [6.07, 6.45) is 3.90. The van der Waals surface area contributed by atoms with Crippen molar-refractivity contribution in [1.82, 2.24) is 0 Å². The minimum absolute atomic E-state index is 0.0156. The third-order valence-electron chi connectivity index (χ3n) is 4.24. The molecular formula is C15H30O4. The van der Waals surface area contributed by atoms with Gasteiger partial charge in [0.2, 0.25) is 0 Å². The highest BCUT2D eigenvalue weighted by molar-refractivity contribution is 4.80. The molecule has 1 atom stereocenters. The number of aliphatic hydroxyl groups is 2. The molecule has 0 heterocycles. The molecule has 114 valence electrons. The van der Waals surface area contributed by atoms with Crippen molar-refractivity contribution in [2.75, 3.05) is 33.0 Å². The third-order valence-corrected chi connectivity index (χ3v) is 4.24. The first-order chi connectivity index (χ1) is 9.07. The molecule has 0 rings (SSSR count). The zero-order valence-electron chi connectivity index (χ0n) is 12.7. The fraction of sp³-hybridized carbons (Fsp3) is 0.867. The van der Waals surface area contributed by atoms with Gasteiger partial charge in [0.05, 0.1) is 44.7 Å². The van der Waals surface area contributed by atoms with Gasteiger partial charge in [-0.1, -0.05) is 27.4 Å². The Morgan fingerprint density at radius 2 is 1.37 bits per heavy atom. The summed E-state index contributed by atoms with van der Waals surface area (Å²) in [4.78, 5) is 0. The van der Waals surface area contributed by atoms with E-state index in [9.17, 15) is 10.2 Å². The van der Waals surface area contributed by atoms with Crippen molar-refractivity contribution >= 4 is 0 Å². The maximum Gasteiger partial charge on any atom is 0.0973 e. The Hall–Kier alpha value is -0.580. The van der Waals surface area contributed by atoms with E-state index in [4.69, 9.17) is 9.47 Å². The van der Waals surface area contributed by atoms with E-state index >= 15 is 0 Å². The number of hydrogen-bond acceptors (Lipinski definition) is 4. The van der Waals surface area contributed by atoms with Gasteiger partial charge in [-0.15, -0.1) is 0 Å². The second kappa shape index (κ2) is 9.34. The van der Waals surface area contributed by atoms with Gasteiger partial charge in [0.15, 0.2) is 0 Å². The van der Waals surface area contributed by atoms with Crippen LogP contribution in [0.5, 0.6) is 0 Å². The maximum atomic E-state index is 9.56. The highest BCUT2D eigenvalue weighted by Gasteiger charge is 2.31. The summed E-state index contributed by atoms with van der Waals surface area (Å²) < 4.78 is 11.0. The van der Waals surface area contributed by atoms with Crippen molar-refractivity contribution in [3.05, 3.63) is 12.8 Å². The Kier molecular flexibility index (Phi) is 9.06. The quantitative estimate of drug-likeness (QED) is 0.536. The Balaban J connectivity index is 4.43. The molecule has 1 unspecified atom stereocenters. The Morgan fingerprint density at radius 3 is 1.74 bits per heavy atom. The van der Waals surface area contributed by atoms with Gasteiger partial charge in [0, 0.05) is 5.41 Å². The van der Waals surface area contributed by atoms with Crippen LogP contribution in [0.2, 0.25) is 0 Å². The smallest absolute Gasteiger partial charge is 0.0973 e. The molecular weight excluding hydrogens is 244 g/mol. The van der Waals surface area contributed by atoms with Crippen molar-refractivity contribution in [2.45, 2.75) is 40.0 Å². The molecule has 0 aliphatic rings. The fourth-order valence-corrected chi connectivity index (χ4v) is 1.89. The van der Waals surface area contributed by atoms with E-state index in [0.29, 0.717) is 19.8 Å². The van der Waals surface area contributed by atoms with Crippen molar-refractivity contribution in [3.63, 3.8) is 0 Å². The number of hydrogen-bond donors (Lipinski definition) is 2. The number of ether oxygens (including phenoxy) is 2. The topological polar surface area (TPSA) is 58.9 Å². The summed E-state index contributed by atoms with van der Waals surface area (Å²) in [5, 5.41) is 19.1. The highest BCUT2D eigenvalue weighted by Crippen LogP contribution is 2.28. The summed E-state index contributed by atoms with van der Waals surface area (Å²) >= 11 is 0. The highest BCUT2D eigenvalue weighted by atomic mass is 16.5. The third kappa shape index (κ3) is 5.51. The van der Waals surface area contributed by atoms with Gasteiger partial charge in [-0.25, -0.2) is 0 Å². The molecule has 0 aromatic carbocycles. The molecule has 0 saturated heterocycles. The van der Waals surface area contributed by atoms with Crippen LogP contribution in [0.15, 0.2) is 12.8 Å². The van der Waals surface area contributed by atoms with Crippen LogP contribution in [0.3, 0.4) is 0 Å². The molecule has 0 fully saturated rings. The van der Waals surface area contributed by atoms with E-state index in [1.165, 1.54) is 6.26 Å². The van der Waals surface area contributed by atoms with E-state index in [1.54, 1.807) is 0 Å². The zero-order chi connectivity index (χ0) is 14.8. The largest absolute Gasteiger partial charge is 0.501 e. The standard InChI is InChI=1S/C15H30O4/c1-5-14(6-2,9-16)11-19-13-15(7-3,10-17)12-18-8-4/h8,16-17H,4-7,9-13H2,1-3H3. The number of rotatable bonds is 12. The van der Waals surface area contributed by atoms with Crippen LogP contribution in [0.4, 0.5) is 0 Å². The lowest BCUT2D eigenvalue weighted by atomic mass is 9.84. The van der Waals surface area contributed by atoms with Crippen LogP contribution in [-0.4, -0.2) is 43.2 Å². The number of aliphatic hydroxyl groups excluding tert-OH is 2. The average Bonchev–Trinajstić information content (AvgIpc) is 2.48. The van der Waals surface area contributed by atoms with E-state index in [1.807, 2.05) is 6.92 Å². The molecule has 0 aromatic heterocycles. The van der Waals surface area contributed by atoms with Gasteiger partial charge >= 0.3 is 0 Å². The van der Waals surface area contributed by atoms with E-state index < -0.39 is 5.41 Å². The van der Waals surface area contributed by atoms with Gasteiger partial charge in [0.1, 0.15) is 0 Å². The molecule has 0 bridgehead atoms. The van der Waals surface area contributed by atoms with Crippen molar-refractivity contribution in [2.24, 2.45) is 10.8 Å². The van der Waals surface area contributed by atoms with Gasteiger partial charge in [0.25, 0.3) is 0 Å². The van der Waals surface area contributed by atoms with Crippen molar-refractivity contribution in [1.29, 1.82) is 0 Å². The summed E-state index contributed by atoms with van der Waals surface area (Å²) in [7, 11) is 0. The van der Waals surface area contributed by atoms with Gasteiger partial charge in [-0.3, -0.25) is 0 Å². The Morgan fingerprint density at radius 1 is 0.895 bits per heavy atom. The zero-order valence-corrected chi connectivity index (χ0v) is 12.7. The fourth-order valence-electron chi connectivity index (χ4n) is 1.89. The summed E-state index contributed by atoms with van der Waals surface area (Å²) in [5.74, 6) is 0. The Labute approximate surface area is 117 Å². The molecule has 0 saturated carbocycles. The first kappa shape index (κ1) is 18.4. The van der Waals surface area contributed by atoms with Crippen LogP contribution in [0.25, 0.3) is 0 Å². The molecule has 0 radical (unpaired) electrons. The lowest BCUT2D eigenvalue weighted by molar-refractivity contribution is -0.0680. The lowest BCUT2D eigenvalue weighted by Crippen LogP contribution is -2.38. The average molecular weight is 274 g/mol. The molecule has 0 amide bonds. The summed E-state index contributed by atoms with van der Waals surface area (Å²) in [5.41, 5.74) is -0.564. The van der Waals surface area contributed by atoms with Crippen LogP contribution >= 0.6 is 0 Å². The van der Waals surface area contributed by atoms with Gasteiger partial charge in [-0.05, 0) is 19.3 Å². The van der Waals surface area contributed by atoms with Crippen molar-refractivity contribution in [3.8, 4) is 0 Å². The van der Waals surface area contributed by atoms with Gasteiger partial charge < -0.3 is 19.7 Å². The molecule has 0 aliphatic heterocycles. The minimum atomic E-state index is -0.392. The van der Waals surface area contributed by atoms with Crippen molar-refractivity contribution < 1.29 is 19.7 Å². The first-order valence-electron chi connectivity index (χ1n) is 7.09. The molecule has 19 heavy (non-hydrogen) atoms.